The van der Waals surface area contributed by atoms with Gasteiger partial charge in [-0.1, -0.05) is 20.3 Å². The summed E-state index contributed by atoms with van der Waals surface area (Å²) in [5.74, 6) is 0.731. The highest BCUT2D eigenvalue weighted by atomic mass is 32.1. The van der Waals surface area contributed by atoms with Crippen LogP contribution in [0.5, 0.6) is 0 Å². The Balaban J connectivity index is 3.13. The molecule has 1 nitrogen and oxygen atoms in total. The first-order valence-corrected chi connectivity index (χ1v) is 4.58. The van der Waals surface area contributed by atoms with Crippen LogP contribution in [0.1, 0.15) is 33.1 Å². The fraction of sp³-hybridized carbons (Fsp3) is 1.00. The molecule has 0 aromatic carbocycles. The Kier molecular flexibility index (Phi) is 6.24. The van der Waals surface area contributed by atoms with Gasteiger partial charge in [-0.3, -0.25) is 0 Å². The van der Waals surface area contributed by atoms with E-state index in [1.54, 1.807) is 0 Å². The van der Waals surface area contributed by atoms with Crippen LogP contribution in [-0.4, -0.2) is 11.8 Å². The molecule has 0 saturated carbocycles. The van der Waals surface area contributed by atoms with Crippen molar-refractivity contribution in [1.82, 2.24) is 0 Å². The fourth-order valence-corrected chi connectivity index (χ4v) is 1.00. The molecule has 0 radical (unpaired) electrons. The van der Waals surface area contributed by atoms with E-state index in [0.29, 0.717) is 5.25 Å². The summed E-state index contributed by atoms with van der Waals surface area (Å²) in [6, 6.07) is 0. The molecule has 0 heterocycles. The normalized spacial score (nSPS) is 16.8. The third-order valence-corrected chi connectivity index (χ3v) is 2.45. The van der Waals surface area contributed by atoms with Crippen LogP contribution in [0, 0.1) is 5.92 Å². The Morgan fingerprint density at radius 1 is 1.30 bits per heavy atom. The number of thiol groups is 1. The molecule has 10 heavy (non-hydrogen) atoms. The quantitative estimate of drug-likeness (QED) is 0.468. The number of unbranched alkanes of at least 4 members (excludes halogenated alkanes) is 1. The second kappa shape index (κ2) is 6.05. The van der Waals surface area contributed by atoms with E-state index < -0.39 is 0 Å². The van der Waals surface area contributed by atoms with Crippen LogP contribution < -0.4 is 5.73 Å². The molecule has 0 amide bonds. The third-order valence-electron chi connectivity index (χ3n) is 1.94. The average molecular weight is 161 g/mol. The fourth-order valence-electron chi connectivity index (χ4n) is 0.852. The maximum Gasteiger partial charge on any atom is 0.00141 e. The van der Waals surface area contributed by atoms with Crippen molar-refractivity contribution in [2.45, 2.75) is 38.4 Å². The first-order valence-electron chi connectivity index (χ1n) is 4.06. The standard InChI is InChI=1S/C8H19NS/c1-7(8(2)10)5-3-4-6-9/h7-8,10H,3-6,9H2,1-2H3/t7?,8-/m0/s1. The monoisotopic (exact) mass is 161 g/mol. The van der Waals surface area contributed by atoms with E-state index in [-0.39, 0.29) is 0 Å². The van der Waals surface area contributed by atoms with Crippen molar-refractivity contribution >= 4 is 12.6 Å². The van der Waals surface area contributed by atoms with E-state index in [0.717, 1.165) is 18.9 Å². The van der Waals surface area contributed by atoms with Crippen molar-refractivity contribution in [3.05, 3.63) is 0 Å². The van der Waals surface area contributed by atoms with Gasteiger partial charge in [-0.15, -0.1) is 0 Å². The van der Waals surface area contributed by atoms with Crippen LogP contribution in [0.15, 0.2) is 0 Å². The zero-order valence-electron chi connectivity index (χ0n) is 7.01. The Labute approximate surface area is 69.8 Å². The molecule has 0 fully saturated rings. The maximum atomic E-state index is 5.37. The Morgan fingerprint density at radius 2 is 1.90 bits per heavy atom. The molecular formula is C8H19NS. The van der Waals surface area contributed by atoms with Gasteiger partial charge in [-0.25, -0.2) is 0 Å². The molecule has 0 aliphatic rings. The van der Waals surface area contributed by atoms with Gasteiger partial charge in [0.2, 0.25) is 0 Å². The molecule has 0 aliphatic heterocycles. The Hall–Kier alpha value is 0.310. The van der Waals surface area contributed by atoms with Crippen LogP contribution in [0.2, 0.25) is 0 Å². The topological polar surface area (TPSA) is 26.0 Å². The zero-order chi connectivity index (χ0) is 7.98. The number of hydrogen-bond donors (Lipinski definition) is 2. The van der Waals surface area contributed by atoms with E-state index in [1.807, 2.05) is 0 Å². The van der Waals surface area contributed by atoms with Crippen LogP contribution in [0.4, 0.5) is 0 Å². The summed E-state index contributed by atoms with van der Waals surface area (Å²) >= 11 is 4.36. The zero-order valence-corrected chi connectivity index (χ0v) is 7.90. The lowest BCUT2D eigenvalue weighted by Crippen LogP contribution is -2.08. The van der Waals surface area contributed by atoms with E-state index >= 15 is 0 Å². The first-order chi connectivity index (χ1) is 4.68. The van der Waals surface area contributed by atoms with Crippen LogP contribution in [-0.2, 0) is 0 Å². The molecule has 0 aromatic heterocycles. The summed E-state index contributed by atoms with van der Waals surface area (Å²) in [5.41, 5.74) is 5.37. The molecule has 0 bridgehead atoms. The van der Waals surface area contributed by atoms with Crippen molar-refractivity contribution in [2.75, 3.05) is 6.54 Å². The van der Waals surface area contributed by atoms with Crippen LogP contribution >= 0.6 is 12.6 Å². The van der Waals surface area contributed by atoms with Crippen LogP contribution in [0.25, 0.3) is 0 Å². The highest BCUT2D eigenvalue weighted by molar-refractivity contribution is 7.80. The van der Waals surface area contributed by atoms with Gasteiger partial charge in [0, 0.05) is 5.25 Å². The van der Waals surface area contributed by atoms with E-state index in [9.17, 15) is 0 Å². The molecule has 2 heteroatoms. The molecule has 2 N–H and O–H groups in total. The molecule has 0 spiro atoms. The first kappa shape index (κ1) is 10.3. The highest BCUT2D eigenvalue weighted by Gasteiger charge is 2.05. The smallest absolute Gasteiger partial charge is 0.00141 e. The average Bonchev–Trinajstić information content (AvgIpc) is 1.88. The summed E-state index contributed by atoms with van der Waals surface area (Å²) < 4.78 is 0. The minimum atomic E-state index is 0.526. The largest absolute Gasteiger partial charge is 0.330 e. The van der Waals surface area contributed by atoms with Gasteiger partial charge in [-0.2, -0.15) is 12.6 Å². The van der Waals surface area contributed by atoms with Gasteiger partial charge in [-0.05, 0) is 25.3 Å². The van der Waals surface area contributed by atoms with Crippen molar-refractivity contribution < 1.29 is 0 Å². The van der Waals surface area contributed by atoms with Gasteiger partial charge in [0.1, 0.15) is 0 Å². The SMILES string of the molecule is CC(CCCCN)[C@H](C)S. The van der Waals surface area contributed by atoms with Gasteiger partial charge in [0.15, 0.2) is 0 Å². The lowest BCUT2D eigenvalue weighted by molar-refractivity contribution is 0.498. The summed E-state index contributed by atoms with van der Waals surface area (Å²) in [6.45, 7) is 5.22. The number of nitrogens with two attached hydrogens (primary N) is 1. The molecule has 1 unspecified atom stereocenters. The highest BCUT2D eigenvalue weighted by Crippen LogP contribution is 2.15. The number of rotatable bonds is 5. The van der Waals surface area contributed by atoms with Crippen molar-refractivity contribution in [3.63, 3.8) is 0 Å². The predicted octanol–water partition coefficient (Wildman–Crippen LogP) is 2.07. The Morgan fingerprint density at radius 3 is 2.30 bits per heavy atom. The lowest BCUT2D eigenvalue weighted by Gasteiger charge is -2.13. The minimum absolute atomic E-state index is 0.526. The molecule has 0 aliphatic carbocycles. The summed E-state index contributed by atoms with van der Waals surface area (Å²) in [5, 5.41) is 0.526. The predicted molar refractivity (Wildman–Crippen MR) is 50.5 cm³/mol. The lowest BCUT2D eigenvalue weighted by atomic mass is 10.0. The molecular weight excluding hydrogens is 142 g/mol. The molecule has 0 saturated heterocycles. The molecule has 0 aromatic rings. The number of hydrogen-bond acceptors (Lipinski definition) is 2. The summed E-state index contributed by atoms with van der Waals surface area (Å²) in [6.07, 6.45) is 3.68. The summed E-state index contributed by atoms with van der Waals surface area (Å²) in [7, 11) is 0. The minimum Gasteiger partial charge on any atom is -0.330 e. The second-order valence-corrected chi connectivity index (χ2v) is 3.82. The third kappa shape index (κ3) is 5.12. The van der Waals surface area contributed by atoms with Crippen LogP contribution in [0.3, 0.4) is 0 Å². The Bertz CT molecular complexity index is 73.7. The van der Waals surface area contributed by atoms with Crippen molar-refractivity contribution in [2.24, 2.45) is 11.7 Å². The molecule has 0 rings (SSSR count). The van der Waals surface area contributed by atoms with Crippen molar-refractivity contribution in [1.29, 1.82) is 0 Å². The maximum absolute atomic E-state index is 5.37. The molecule has 2 atom stereocenters. The summed E-state index contributed by atoms with van der Waals surface area (Å²) in [4.78, 5) is 0. The van der Waals surface area contributed by atoms with Gasteiger partial charge in [0.05, 0.1) is 0 Å². The van der Waals surface area contributed by atoms with Crippen molar-refractivity contribution in [3.8, 4) is 0 Å². The van der Waals surface area contributed by atoms with E-state index in [1.165, 1.54) is 12.8 Å². The van der Waals surface area contributed by atoms with E-state index in [2.05, 4.69) is 26.5 Å². The van der Waals surface area contributed by atoms with Gasteiger partial charge >= 0.3 is 0 Å². The molecule has 62 valence electrons. The second-order valence-electron chi connectivity index (χ2n) is 3.00. The van der Waals surface area contributed by atoms with Gasteiger partial charge < -0.3 is 5.73 Å². The van der Waals surface area contributed by atoms with E-state index in [4.69, 9.17) is 5.73 Å². The van der Waals surface area contributed by atoms with Gasteiger partial charge in [0.25, 0.3) is 0 Å².